The largest absolute Gasteiger partial charge is 0.379 e. The summed E-state index contributed by atoms with van der Waals surface area (Å²) in [5.41, 5.74) is 2.15. The maximum Gasteiger partial charge on any atom is 0.191 e. The normalized spacial score (nSPS) is 16.9. The molecule has 1 aliphatic rings. The molecule has 0 spiro atoms. The van der Waals surface area contributed by atoms with E-state index in [0.29, 0.717) is 6.54 Å². The zero-order valence-electron chi connectivity index (χ0n) is 15.8. The SMILES string of the molecule is CCNC(=NCc1cccc2cccnc12)NCCCOC1CCOC1.I. The monoisotopic (exact) mass is 484 g/mol. The van der Waals surface area contributed by atoms with E-state index in [0.717, 1.165) is 68.2 Å². The number of fused-ring (bicyclic) bond motifs is 1. The number of guanidine groups is 1. The summed E-state index contributed by atoms with van der Waals surface area (Å²) in [5.74, 6) is 0.824. The average molecular weight is 484 g/mol. The van der Waals surface area contributed by atoms with E-state index in [9.17, 15) is 0 Å². The van der Waals surface area contributed by atoms with E-state index in [-0.39, 0.29) is 30.1 Å². The van der Waals surface area contributed by atoms with Crippen molar-refractivity contribution in [3.8, 4) is 0 Å². The van der Waals surface area contributed by atoms with Gasteiger partial charge in [0.05, 0.1) is 24.8 Å². The van der Waals surface area contributed by atoms with Crippen molar-refractivity contribution >= 4 is 40.8 Å². The molecular formula is C20H29IN4O2. The van der Waals surface area contributed by atoms with Gasteiger partial charge in [0.15, 0.2) is 5.96 Å². The fourth-order valence-electron chi connectivity index (χ4n) is 2.97. The van der Waals surface area contributed by atoms with Gasteiger partial charge in [0.2, 0.25) is 0 Å². The number of hydrogen-bond acceptors (Lipinski definition) is 4. The molecule has 1 aromatic carbocycles. The maximum atomic E-state index is 5.79. The van der Waals surface area contributed by atoms with E-state index in [1.165, 1.54) is 0 Å². The Balaban J connectivity index is 0.00000261. The summed E-state index contributed by atoms with van der Waals surface area (Å²) in [5, 5.41) is 7.81. The molecule has 1 unspecified atom stereocenters. The number of halogens is 1. The van der Waals surface area contributed by atoms with Crippen molar-refractivity contribution in [1.29, 1.82) is 0 Å². The van der Waals surface area contributed by atoms with Gasteiger partial charge in [0, 0.05) is 37.9 Å². The van der Waals surface area contributed by atoms with Gasteiger partial charge in [0.1, 0.15) is 0 Å². The molecule has 0 aliphatic carbocycles. The van der Waals surface area contributed by atoms with Gasteiger partial charge in [0.25, 0.3) is 0 Å². The average Bonchev–Trinajstić information content (AvgIpc) is 3.19. The fraction of sp³-hybridized carbons (Fsp3) is 0.500. The first-order valence-corrected chi connectivity index (χ1v) is 9.41. The van der Waals surface area contributed by atoms with Gasteiger partial charge < -0.3 is 20.1 Å². The summed E-state index contributed by atoms with van der Waals surface area (Å²) in [6, 6.07) is 10.3. The third-order valence-electron chi connectivity index (χ3n) is 4.32. The van der Waals surface area contributed by atoms with Crippen LogP contribution >= 0.6 is 24.0 Å². The van der Waals surface area contributed by atoms with Crippen molar-refractivity contribution in [2.75, 3.05) is 32.9 Å². The van der Waals surface area contributed by atoms with Crippen LogP contribution in [0.4, 0.5) is 0 Å². The van der Waals surface area contributed by atoms with Crippen LogP contribution in [0, 0.1) is 0 Å². The van der Waals surface area contributed by atoms with Crippen LogP contribution in [0.25, 0.3) is 10.9 Å². The van der Waals surface area contributed by atoms with Crippen LogP contribution in [-0.4, -0.2) is 50.0 Å². The molecule has 0 amide bonds. The molecule has 0 bridgehead atoms. The van der Waals surface area contributed by atoms with E-state index in [1.54, 1.807) is 0 Å². The van der Waals surface area contributed by atoms with Gasteiger partial charge >= 0.3 is 0 Å². The Bertz CT molecular complexity index is 715. The smallest absolute Gasteiger partial charge is 0.191 e. The van der Waals surface area contributed by atoms with Crippen LogP contribution in [0.5, 0.6) is 0 Å². The number of nitrogens with one attached hydrogen (secondary N) is 2. The number of nitrogens with zero attached hydrogens (tertiary/aromatic N) is 2. The number of ether oxygens (including phenoxy) is 2. The molecular weight excluding hydrogens is 455 g/mol. The Hall–Kier alpha value is -1.45. The molecule has 1 aliphatic heterocycles. The van der Waals surface area contributed by atoms with Crippen LogP contribution in [0.2, 0.25) is 0 Å². The van der Waals surface area contributed by atoms with E-state index < -0.39 is 0 Å². The predicted molar refractivity (Wildman–Crippen MR) is 120 cm³/mol. The highest BCUT2D eigenvalue weighted by Crippen LogP contribution is 2.16. The molecule has 7 heteroatoms. The lowest BCUT2D eigenvalue weighted by molar-refractivity contribution is 0.0420. The minimum Gasteiger partial charge on any atom is -0.379 e. The van der Waals surface area contributed by atoms with E-state index >= 15 is 0 Å². The van der Waals surface area contributed by atoms with Crippen LogP contribution in [0.1, 0.15) is 25.3 Å². The van der Waals surface area contributed by atoms with E-state index in [1.807, 2.05) is 12.3 Å². The lowest BCUT2D eigenvalue weighted by atomic mass is 10.1. The Kier molecular flexibility index (Phi) is 9.79. The summed E-state index contributed by atoms with van der Waals surface area (Å²) in [4.78, 5) is 9.20. The lowest BCUT2D eigenvalue weighted by Crippen LogP contribution is -2.38. The van der Waals surface area contributed by atoms with Crippen molar-refractivity contribution in [2.24, 2.45) is 4.99 Å². The highest BCUT2D eigenvalue weighted by molar-refractivity contribution is 14.0. The van der Waals surface area contributed by atoms with Crippen molar-refractivity contribution < 1.29 is 9.47 Å². The Labute approximate surface area is 178 Å². The standard InChI is InChI=1S/C20H28N4O2.HI/c1-2-21-20(23-11-5-12-26-18-9-13-25-15-18)24-14-17-7-3-6-16-8-4-10-22-19(16)17;/h3-4,6-8,10,18H,2,5,9,11-15H2,1H3,(H2,21,23,24);1H. The number of pyridine rings is 1. The maximum absolute atomic E-state index is 5.79. The minimum absolute atomic E-state index is 0. The molecule has 2 N–H and O–H groups in total. The van der Waals surface area contributed by atoms with Gasteiger partial charge in [-0.05, 0) is 31.4 Å². The molecule has 0 saturated carbocycles. The van der Waals surface area contributed by atoms with Gasteiger partial charge in [-0.2, -0.15) is 0 Å². The minimum atomic E-state index is 0. The number of para-hydroxylation sites is 1. The molecule has 1 aromatic heterocycles. The number of hydrogen-bond donors (Lipinski definition) is 2. The summed E-state index contributed by atoms with van der Waals surface area (Å²) < 4.78 is 11.1. The second kappa shape index (κ2) is 12.1. The Morgan fingerprint density at radius 3 is 3.00 bits per heavy atom. The van der Waals surface area contributed by atoms with Crippen LogP contribution < -0.4 is 10.6 Å². The van der Waals surface area contributed by atoms with Gasteiger partial charge in [-0.15, -0.1) is 24.0 Å². The molecule has 27 heavy (non-hydrogen) atoms. The molecule has 1 atom stereocenters. The van der Waals surface area contributed by atoms with Crippen LogP contribution in [0.15, 0.2) is 41.5 Å². The second-order valence-corrected chi connectivity index (χ2v) is 6.32. The Morgan fingerprint density at radius 1 is 1.30 bits per heavy atom. The van der Waals surface area contributed by atoms with Crippen molar-refractivity contribution in [2.45, 2.75) is 32.4 Å². The summed E-state index contributed by atoms with van der Waals surface area (Å²) >= 11 is 0. The van der Waals surface area contributed by atoms with E-state index in [4.69, 9.17) is 14.5 Å². The van der Waals surface area contributed by atoms with Crippen molar-refractivity contribution in [3.05, 3.63) is 42.1 Å². The first kappa shape index (κ1) is 21.8. The fourth-order valence-corrected chi connectivity index (χ4v) is 2.97. The molecule has 3 rings (SSSR count). The summed E-state index contributed by atoms with van der Waals surface area (Å²) in [7, 11) is 0. The number of rotatable bonds is 8. The predicted octanol–water partition coefficient (Wildman–Crippen LogP) is 3.10. The van der Waals surface area contributed by atoms with Crippen LogP contribution in [0.3, 0.4) is 0 Å². The molecule has 1 fully saturated rings. The number of benzene rings is 1. The van der Waals surface area contributed by atoms with Gasteiger partial charge in [-0.1, -0.05) is 24.3 Å². The van der Waals surface area contributed by atoms with Crippen LogP contribution in [-0.2, 0) is 16.0 Å². The highest BCUT2D eigenvalue weighted by Gasteiger charge is 2.15. The molecule has 1 saturated heterocycles. The first-order valence-electron chi connectivity index (χ1n) is 9.41. The van der Waals surface area contributed by atoms with E-state index in [2.05, 4.69) is 46.8 Å². The summed E-state index contributed by atoms with van der Waals surface area (Å²) in [6.07, 6.45) is 4.05. The number of aliphatic imine (C=N–C) groups is 1. The third kappa shape index (κ3) is 6.90. The third-order valence-corrected chi connectivity index (χ3v) is 4.32. The zero-order chi connectivity index (χ0) is 18.0. The number of aromatic nitrogens is 1. The summed E-state index contributed by atoms with van der Waals surface area (Å²) in [6.45, 7) is 6.62. The highest BCUT2D eigenvalue weighted by atomic mass is 127. The van der Waals surface area contributed by atoms with Gasteiger partial charge in [-0.3, -0.25) is 4.98 Å². The molecule has 2 heterocycles. The molecule has 6 nitrogen and oxygen atoms in total. The topological polar surface area (TPSA) is 67.8 Å². The first-order chi connectivity index (χ1) is 12.9. The molecule has 0 radical (unpaired) electrons. The second-order valence-electron chi connectivity index (χ2n) is 6.32. The zero-order valence-corrected chi connectivity index (χ0v) is 18.1. The van der Waals surface area contributed by atoms with Crippen molar-refractivity contribution in [3.63, 3.8) is 0 Å². The Morgan fingerprint density at radius 2 is 2.19 bits per heavy atom. The molecule has 2 aromatic rings. The lowest BCUT2D eigenvalue weighted by Gasteiger charge is -2.13. The van der Waals surface area contributed by atoms with Gasteiger partial charge in [-0.25, -0.2) is 4.99 Å². The quantitative estimate of drug-likeness (QED) is 0.261. The van der Waals surface area contributed by atoms with Crippen molar-refractivity contribution in [1.82, 2.24) is 15.6 Å². The molecule has 148 valence electrons.